The molecule has 2 rings (SSSR count). The van der Waals surface area contributed by atoms with E-state index in [1.165, 1.54) is 18.3 Å². The van der Waals surface area contributed by atoms with Gasteiger partial charge in [-0.15, -0.1) is 0 Å². The van der Waals surface area contributed by atoms with E-state index in [0.29, 0.717) is 10.5 Å². The number of hydrogen-bond acceptors (Lipinski definition) is 4. The van der Waals surface area contributed by atoms with Crippen LogP contribution in [-0.2, 0) is 0 Å². The van der Waals surface area contributed by atoms with Crippen molar-refractivity contribution in [1.29, 1.82) is 0 Å². The average molecular weight is 209 g/mol. The number of nitro groups is 1. The van der Waals surface area contributed by atoms with Crippen molar-refractivity contribution in [1.82, 2.24) is 0 Å². The molecule has 0 atom stereocenters. The van der Waals surface area contributed by atoms with Crippen molar-refractivity contribution in [2.24, 2.45) is 0 Å². The van der Waals surface area contributed by atoms with Crippen molar-refractivity contribution in [3.8, 4) is 0 Å². The predicted octanol–water partition coefficient (Wildman–Crippen LogP) is 0.828. The summed E-state index contributed by atoms with van der Waals surface area (Å²) in [7, 11) is 0. The van der Waals surface area contributed by atoms with Crippen LogP contribution in [0.25, 0.3) is 0 Å². The fourth-order valence-electron chi connectivity index (χ4n) is 1.75. The molecular weight excluding hydrogens is 198 g/mol. The highest BCUT2D eigenvalue weighted by atomic mass is 16.6. The summed E-state index contributed by atoms with van der Waals surface area (Å²) in [6.45, 7) is 1.59. The van der Waals surface area contributed by atoms with Gasteiger partial charge in [-0.3, -0.25) is 15.0 Å². The van der Waals surface area contributed by atoms with E-state index in [9.17, 15) is 15.3 Å². The maximum absolute atomic E-state index is 11.4. The Morgan fingerprint density at radius 1 is 1.40 bits per heavy atom. The smallest absolute Gasteiger partial charge is 0.286 e. The van der Waals surface area contributed by atoms with Crippen molar-refractivity contribution in [2.75, 3.05) is 18.0 Å². The molecule has 1 aromatic rings. The molecule has 1 saturated heterocycles. The molecule has 0 aromatic carbocycles. The van der Waals surface area contributed by atoms with Gasteiger partial charge in [-0.25, -0.2) is 4.73 Å². The van der Waals surface area contributed by atoms with E-state index in [0.717, 1.165) is 25.9 Å². The van der Waals surface area contributed by atoms with E-state index in [4.69, 9.17) is 0 Å². The topological polar surface area (TPSA) is 73.3 Å². The second-order valence-corrected chi connectivity index (χ2v) is 3.52. The van der Waals surface area contributed by atoms with Crippen LogP contribution in [0.15, 0.2) is 18.3 Å². The fraction of sp³-hybridized carbons (Fsp3) is 0.444. The lowest BCUT2D eigenvalue weighted by Gasteiger charge is -2.14. The molecule has 2 heterocycles. The highest BCUT2D eigenvalue weighted by Crippen LogP contribution is 2.20. The first-order valence-electron chi connectivity index (χ1n) is 4.81. The summed E-state index contributed by atoms with van der Waals surface area (Å²) >= 11 is 0. The summed E-state index contributed by atoms with van der Waals surface area (Å²) in [5.74, 6) is 0.377. The molecular formula is C9H11N3O3. The van der Waals surface area contributed by atoms with E-state index < -0.39 is 4.92 Å². The molecule has 1 fully saturated rings. The van der Waals surface area contributed by atoms with Gasteiger partial charge in [0.1, 0.15) is 12.3 Å². The van der Waals surface area contributed by atoms with Crippen LogP contribution >= 0.6 is 0 Å². The van der Waals surface area contributed by atoms with Gasteiger partial charge in [-0.2, -0.15) is 0 Å². The lowest BCUT2D eigenvalue weighted by Crippen LogP contribution is -2.36. The SMILES string of the molecule is O=[N+]([O-])c1cc[n+]([O-])c(N2CCCC2)c1. The van der Waals surface area contributed by atoms with E-state index >= 15 is 0 Å². The second-order valence-electron chi connectivity index (χ2n) is 3.52. The number of nitrogens with zero attached hydrogens (tertiary/aromatic N) is 3. The Kier molecular flexibility index (Phi) is 2.40. The number of anilines is 1. The Morgan fingerprint density at radius 2 is 2.07 bits per heavy atom. The van der Waals surface area contributed by atoms with Crippen LogP contribution in [0.5, 0.6) is 0 Å². The summed E-state index contributed by atoms with van der Waals surface area (Å²) in [6.07, 6.45) is 3.25. The first-order valence-corrected chi connectivity index (χ1v) is 4.81. The third kappa shape index (κ3) is 1.83. The molecule has 0 amide bonds. The van der Waals surface area contributed by atoms with Gasteiger partial charge in [0.15, 0.2) is 0 Å². The number of aromatic nitrogens is 1. The largest absolute Gasteiger partial charge is 0.711 e. The molecule has 1 aromatic heterocycles. The van der Waals surface area contributed by atoms with Gasteiger partial charge in [0.2, 0.25) is 0 Å². The van der Waals surface area contributed by atoms with Crippen molar-refractivity contribution < 1.29 is 9.65 Å². The zero-order chi connectivity index (χ0) is 10.8. The normalized spacial score (nSPS) is 15.6. The highest BCUT2D eigenvalue weighted by molar-refractivity contribution is 5.43. The third-order valence-electron chi connectivity index (χ3n) is 2.52. The summed E-state index contributed by atoms with van der Waals surface area (Å²) in [6, 6.07) is 2.55. The lowest BCUT2D eigenvalue weighted by atomic mass is 10.4. The van der Waals surface area contributed by atoms with Gasteiger partial charge in [0.25, 0.3) is 11.5 Å². The molecule has 0 N–H and O–H groups in total. The summed E-state index contributed by atoms with van der Waals surface area (Å²) in [5.41, 5.74) is -0.0380. The van der Waals surface area contributed by atoms with Gasteiger partial charge in [-0.05, 0) is 12.8 Å². The van der Waals surface area contributed by atoms with Gasteiger partial charge >= 0.3 is 0 Å². The Morgan fingerprint density at radius 3 is 2.67 bits per heavy atom. The highest BCUT2D eigenvalue weighted by Gasteiger charge is 2.23. The van der Waals surface area contributed by atoms with Crippen molar-refractivity contribution in [3.05, 3.63) is 33.7 Å². The molecule has 1 aliphatic rings. The van der Waals surface area contributed by atoms with Crippen LogP contribution in [0, 0.1) is 15.3 Å². The van der Waals surface area contributed by atoms with Crippen LogP contribution < -0.4 is 9.63 Å². The van der Waals surface area contributed by atoms with Crippen LogP contribution in [0.3, 0.4) is 0 Å². The first kappa shape index (κ1) is 9.70. The standard InChI is InChI=1S/C9H11N3O3/c13-11-6-3-8(12(14)15)7-9(11)10-4-1-2-5-10/h3,6-7H,1-2,4-5H2. The van der Waals surface area contributed by atoms with Crippen LogP contribution in [0.2, 0.25) is 0 Å². The molecule has 6 heteroatoms. The van der Waals surface area contributed by atoms with E-state index in [1.54, 1.807) is 0 Å². The molecule has 0 bridgehead atoms. The monoisotopic (exact) mass is 209 g/mol. The van der Waals surface area contributed by atoms with E-state index in [1.807, 2.05) is 4.90 Å². The van der Waals surface area contributed by atoms with Crippen LogP contribution in [0.4, 0.5) is 11.5 Å². The van der Waals surface area contributed by atoms with Crippen LogP contribution in [0.1, 0.15) is 12.8 Å². The summed E-state index contributed by atoms with van der Waals surface area (Å²) < 4.78 is 0.679. The zero-order valence-corrected chi connectivity index (χ0v) is 8.13. The maximum atomic E-state index is 11.4. The lowest BCUT2D eigenvalue weighted by molar-refractivity contribution is -0.592. The minimum Gasteiger partial charge on any atom is -0.711 e. The quantitative estimate of drug-likeness (QED) is 0.313. The number of rotatable bonds is 2. The molecule has 15 heavy (non-hydrogen) atoms. The predicted molar refractivity (Wildman–Crippen MR) is 53.5 cm³/mol. The van der Waals surface area contributed by atoms with Gasteiger partial charge in [0.05, 0.1) is 24.1 Å². The second kappa shape index (κ2) is 3.72. The number of pyridine rings is 1. The van der Waals surface area contributed by atoms with Crippen molar-refractivity contribution in [3.63, 3.8) is 0 Å². The Labute approximate surface area is 86.5 Å². The molecule has 0 spiro atoms. The molecule has 0 unspecified atom stereocenters. The molecule has 80 valence electrons. The molecule has 0 radical (unpaired) electrons. The molecule has 6 nitrogen and oxygen atoms in total. The Hall–Kier alpha value is -1.85. The molecule has 1 aliphatic heterocycles. The summed E-state index contributed by atoms with van der Waals surface area (Å²) in [4.78, 5) is 11.9. The molecule has 0 saturated carbocycles. The average Bonchev–Trinajstić information content (AvgIpc) is 2.71. The van der Waals surface area contributed by atoms with E-state index in [2.05, 4.69) is 0 Å². The first-order chi connectivity index (χ1) is 7.18. The van der Waals surface area contributed by atoms with E-state index in [-0.39, 0.29) is 5.69 Å². The molecule has 0 aliphatic carbocycles. The maximum Gasteiger partial charge on any atom is 0.286 e. The van der Waals surface area contributed by atoms with Gasteiger partial charge < -0.3 is 5.21 Å². The van der Waals surface area contributed by atoms with Gasteiger partial charge in [-0.1, -0.05) is 0 Å². The van der Waals surface area contributed by atoms with Gasteiger partial charge in [0, 0.05) is 0 Å². The minimum absolute atomic E-state index is 0.0380. The Balaban J connectivity index is 2.35. The summed E-state index contributed by atoms with van der Waals surface area (Å²) in [5, 5.41) is 22.0. The minimum atomic E-state index is -0.487. The zero-order valence-electron chi connectivity index (χ0n) is 8.13. The van der Waals surface area contributed by atoms with Crippen molar-refractivity contribution >= 4 is 11.5 Å². The fourth-order valence-corrected chi connectivity index (χ4v) is 1.75. The van der Waals surface area contributed by atoms with Crippen molar-refractivity contribution in [2.45, 2.75) is 12.8 Å². The third-order valence-corrected chi connectivity index (χ3v) is 2.52. The number of hydrogen-bond donors (Lipinski definition) is 0. The Bertz CT molecular complexity index is 388. The van der Waals surface area contributed by atoms with Crippen LogP contribution in [-0.4, -0.2) is 18.0 Å².